The fourth-order valence-corrected chi connectivity index (χ4v) is 3.21. The minimum atomic E-state index is -1.13. The number of benzene rings is 2. The molecule has 31 heavy (non-hydrogen) atoms. The molecule has 0 aromatic heterocycles. The van der Waals surface area contributed by atoms with Gasteiger partial charge < -0.3 is 15.4 Å². The second-order valence-corrected chi connectivity index (χ2v) is 7.14. The van der Waals surface area contributed by atoms with Crippen LogP contribution in [0.2, 0.25) is 0 Å². The van der Waals surface area contributed by atoms with Gasteiger partial charge in [0.05, 0.1) is 19.8 Å². The lowest BCUT2D eigenvalue weighted by molar-refractivity contribution is -0.131. The van der Waals surface area contributed by atoms with E-state index < -0.39 is 17.9 Å². The normalized spacial score (nSPS) is 15.0. The Bertz CT molecular complexity index is 883. The number of carbonyl (C=O) groups excluding carboxylic acids is 3. The zero-order valence-corrected chi connectivity index (χ0v) is 17.0. The standard InChI is InChI=1S/C22H26N4O5/c27-20(15-26-10-12-31-13-11-26)23-14-19(22(29)25-30)24-21(28)18-8-6-17(7-9-18)16-4-2-1-3-5-16/h1-9,19,30H,10-15H2,(H,23,27)(H,24,28)(H,25,29)/t19-/m0/s1. The molecule has 0 saturated carbocycles. The molecule has 0 radical (unpaired) electrons. The van der Waals surface area contributed by atoms with E-state index in [1.54, 1.807) is 12.1 Å². The van der Waals surface area contributed by atoms with E-state index in [-0.39, 0.29) is 19.0 Å². The molecule has 164 valence electrons. The molecule has 1 atom stereocenters. The minimum Gasteiger partial charge on any atom is -0.379 e. The van der Waals surface area contributed by atoms with E-state index in [1.165, 1.54) is 5.48 Å². The molecule has 2 aromatic carbocycles. The molecule has 0 bridgehead atoms. The zero-order valence-electron chi connectivity index (χ0n) is 17.0. The fraction of sp³-hybridized carbons (Fsp3) is 0.318. The number of nitrogens with one attached hydrogen (secondary N) is 3. The summed E-state index contributed by atoms with van der Waals surface area (Å²) < 4.78 is 5.24. The summed E-state index contributed by atoms with van der Waals surface area (Å²) in [5, 5.41) is 14.2. The Kier molecular flexibility index (Phi) is 8.11. The topological polar surface area (TPSA) is 120 Å². The molecular formula is C22H26N4O5. The molecule has 0 aliphatic carbocycles. The van der Waals surface area contributed by atoms with Crippen molar-refractivity contribution in [2.45, 2.75) is 6.04 Å². The van der Waals surface area contributed by atoms with E-state index in [1.807, 2.05) is 47.4 Å². The molecule has 4 N–H and O–H groups in total. The van der Waals surface area contributed by atoms with Crippen molar-refractivity contribution in [2.75, 3.05) is 39.4 Å². The number of ether oxygens (including phenoxy) is 1. The van der Waals surface area contributed by atoms with Crippen LogP contribution in [0.3, 0.4) is 0 Å². The quantitative estimate of drug-likeness (QED) is 0.358. The van der Waals surface area contributed by atoms with E-state index in [4.69, 9.17) is 9.94 Å². The van der Waals surface area contributed by atoms with Gasteiger partial charge in [-0.25, -0.2) is 5.48 Å². The highest BCUT2D eigenvalue weighted by atomic mass is 16.5. The first-order chi connectivity index (χ1) is 15.1. The summed E-state index contributed by atoms with van der Waals surface area (Å²) in [4.78, 5) is 38.6. The van der Waals surface area contributed by atoms with Crippen molar-refractivity contribution in [2.24, 2.45) is 0 Å². The molecule has 9 nitrogen and oxygen atoms in total. The molecule has 1 saturated heterocycles. The monoisotopic (exact) mass is 426 g/mol. The highest BCUT2D eigenvalue weighted by Crippen LogP contribution is 2.19. The minimum absolute atomic E-state index is 0.149. The number of nitrogens with zero attached hydrogens (tertiary/aromatic N) is 1. The molecule has 1 aliphatic rings. The van der Waals surface area contributed by atoms with Crippen LogP contribution in [0.4, 0.5) is 0 Å². The number of amides is 3. The highest BCUT2D eigenvalue weighted by Gasteiger charge is 2.23. The first-order valence-corrected chi connectivity index (χ1v) is 10.0. The molecule has 3 rings (SSSR count). The predicted octanol–water partition coefficient (Wildman–Crippen LogP) is 0.406. The van der Waals surface area contributed by atoms with Crippen molar-refractivity contribution in [3.63, 3.8) is 0 Å². The SMILES string of the molecule is O=C(CN1CCOCC1)NC[C@H](NC(=O)c1ccc(-c2ccccc2)cc1)C(=O)NO. The molecule has 3 amide bonds. The maximum Gasteiger partial charge on any atom is 0.267 e. The summed E-state index contributed by atoms with van der Waals surface area (Å²) in [7, 11) is 0. The van der Waals surface area contributed by atoms with Crippen molar-refractivity contribution in [1.29, 1.82) is 0 Å². The van der Waals surface area contributed by atoms with Gasteiger partial charge >= 0.3 is 0 Å². The Morgan fingerprint density at radius 2 is 1.61 bits per heavy atom. The number of rotatable bonds is 8. The molecule has 0 unspecified atom stereocenters. The van der Waals surface area contributed by atoms with Gasteiger partial charge in [-0.3, -0.25) is 24.5 Å². The highest BCUT2D eigenvalue weighted by molar-refractivity contribution is 5.98. The van der Waals surface area contributed by atoms with Gasteiger partial charge in [0.1, 0.15) is 6.04 Å². The van der Waals surface area contributed by atoms with Crippen LogP contribution >= 0.6 is 0 Å². The van der Waals surface area contributed by atoms with Crippen LogP contribution in [0.25, 0.3) is 11.1 Å². The van der Waals surface area contributed by atoms with Gasteiger partial charge in [-0.1, -0.05) is 42.5 Å². The smallest absolute Gasteiger partial charge is 0.267 e. The Balaban J connectivity index is 1.56. The molecule has 1 aliphatic heterocycles. The lowest BCUT2D eigenvalue weighted by Crippen LogP contribution is -2.53. The molecule has 1 fully saturated rings. The Morgan fingerprint density at radius 1 is 0.968 bits per heavy atom. The lowest BCUT2D eigenvalue weighted by atomic mass is 10.0. The van der Waals surface area contributed by atoms with Gasteiger partial charge in [-0.15, -0.1) is 0 Å². The largest absolute Gasteiger partial charge is 0.379 e. The Hall–Kier alpha value is -3.27. The van der Waals surface area contributed by atoms with Crippen molar-refractivity contribution in [1.82, 2.24) is 21.0 Å². The van der Waals surface area contributed by atoms with Crippen LogP contribution in [-0.4, -0.2) is 73.3 Å². The van der Waals surface area contributed by atoms with E-state index in [0.29, 0.717) is 31.9 Å². The van der Waals surface area contributed by atoms with E-state index in [9.17, 15) is 14.4 Å². The summed E-state index contributed by atoms with van der Waals surface area (Å²) in [5.41, 5.74) is 3.86. The molecule has 9 heteroatoms. The van der Waals surface area contributed by atoms with Crippen LogP contribution in [0.15, 0.2) is 54.6 Å². The van der Waals surface area contributed by atoms with Crippen molar-refractivity contribution in [3.8, 4) is 11.1 Å². The van der Waals surface area contributed by atoms with Crippen LogP contribution < -0.4 is 16.1 Å². The van der Waals surface area contributed by atoms with E-state index in [2.05, 4.69) is 10.6 Å². The van der Waals surface area contributed by atoms with Gasteiger partial charge in [0.25, 0.3) is 11.8 Å². The second kappa shape index (κ2) is 11.2. The van der Waals surface area contributed by atoms with Crippen LogP contribution in [-0.2, 0) is 14.3 Å². The average Bonchev–Trinajstić information content (AvgIpc) is 2.82. The molecule has 1 heterocycles. The summed E-state index contributed by atoms with van der Waals surface area (Å²) >= 11 is 0. The fourth-order valence-electron chi connectivity index (χ4n) is 3.21. The van der Waals surface area contributed by atoms with Crippen LogP contribution in [0.5, 0.6) is 0 Å². The van der Waals surface area contributed by atoms with E-state index in [0.717, 1.165) is 11.1 Å². The number of hydrogen-bond donors (Lipinski definition) is 4. The summed E-state index contributed by atoms with van der Waals surface area (Å²) in [5.74, 6) is -1.59. The molecule has 2 aromatic rings. The third kappa shape index (κ3) is 6.61. The lowest BCUT2D eigenvalue weighted by Gasteiger charge is -2.26. The van der Waals surface area contributed by atoms with Crippen molar-refractivity contribution in [3.05, 3.63) is 60.2 Å². The zero-order chi connectivity index (χ0) is 22.1. The summed E-state index contributed by atoms with van der Waals surface area (Å²) in [6.45, 7) is 2.48. The van der Waals surface area contributed by atoms with Crippen molar-refractivity contribution >= 4 is 17.7 Å². The summed E-state index contributed by atoms with van der Waals surface area (Å²) in [6.07, 6.45) is 0. The van der Waals surface area contributed by atoms with Gasteiger partial charge in [0.15, 0.2) is 0 Å². The third-order valence-corrected chi connectivity index (χ3v) is 4.96. The Labute approximate surface area is 180 Å². The predicted molar refractivity (Wildman–Crippen MR) is 113 cm³/mol. The Morgan fingerprint density at radius 3 is 2.26 bits per heavy atom. The summed E-state index contributed by atoms with van der Waals surface area (Å²) in [6, 6.07) is 15.5. The average molecular weight is 426 g/mol. The van der Waals surface area contributed by atoms with Gasteiger partial charge in [0.2, 0.25) is 5.91 Å². The van der Waals surface area contributed by atoms with Crippen LogP contribution in [0, 0.1) is 0 Å². The van der Waals surface area contributed by atoms with Crippen molar-refractivity contribution < 1.29 is 24.3 Å². The molecule has 0 spiro atoms. The second-order valence-electron chi connectivity index (χ2n) is 7.14. The number of hydroxylamine groups is 1. The number of carbonyl (C=O) groups is 3. The van der Waals surface area contributed by atoms with E-state index >= 15 is 0 Å². The van der Waals surface area contributed by atoms with Gasteiger partial charge in [-0.2, -0.15) is 0 Å². The van der Waals surface area contributed by atoms with Gasteiger partial charge in [0, 0.05) is 25.2 Å². The van der Waals surface area contributed by atoms with Crippen LogP contribution in [0.1, 0.15) is 10.4 Å². The number of morpholine rings is 1. The number of hydrogen-bond acceptors (Lipinski definition) is 6. The molecular weight excluding hydrogens is 400 g/mol. The third-order valence-electron chi connectivity index (χ3n) is 4.96. The first kappa shape index (κ1) is 22.4. The van der Waals surface area contributed by atoms with Gasteiger partial charge in [-0.05, 0) is 23.3 Å². The maximum absolute atomic E-state index is 12.6. The maximum atomic E-state index is 12.6. The first-order valence-electron chi connectivity index (χ1n) is 10.0.